The summed E-state index contributed by atoms with van der Waals surface area (Å²) in [5, 5.41) is 3.35. The first-order chi connectivity index (χ1) is 22.7. The highest BCUT2D eigenvalue weighted by molar-refractivity contribution is 5.79. The summed E-state index contributed by atoms with van der Waals surface area (Å²) in [7, 11) is 0. The van der Waals surface area contributed by atoms with Gasteiger partial charge in [-0.2, -0.15) is 0 Å². The van der Waals surface area contributed by atoms with Gasteiger partial charge in [0.05, 0.1) is 0 Å². The summed E-state index contributed by atoms with van der Waals surface area (Å²) in [6.45, 7) is 4.58. The van der Waals surface area contributed by atoms with Crippen molar-refractivity contribution in [2.45, 2.75) is 257 Å². The number of ketones is 1. The number of Topliss-reactive ketones (excluding diaryl/α,β-unsaturated/α-hetero) is 1. The Morgan fingerprint density at radius 1 is 0.435 bits per heavy atom. The van der Waals surface area contributed by atoms with Crippen LogP contribution in [0, 0.1) is 5.92 Å². The smallest absolute Gasteiger partial charge is 0.220 e. The highest BCUT2D eigenvalue weighted by Gasteiger charge is 2.28. The van der Waals surface area contributed by atoms with E-state index in [1.165, 1.54) is 193 Å². The van der Waals surface area contributed by atoms with E-state index in [4.69, 9.17) is 0 Å². The number of carbonyl (C=O) groups excluding carboxylic acids is 2. The summed E-state index contributed by atoms with van der Waals surface area (Å²) in [6, 6.07) is 0.225. The molecule has 0 aromatic carbocycles. The lowest BCUT2D eigenvalue weighted by atomic mass is 9.80. The van der Waals surface area contributed by atoms with Gasteiger partial charge in [0.15, 0.2) is 0 Å². The summed E-state index contributed by atoms with van der Waals surface area (Å²) in [6.07, 6.45) is 47.3. The summed E-state index contributed by atoms with van der Waals surface area (Å²) < 4.78 is 0. The van der Waals surface area contributed by atoms with Crippen LogP contribution in [0.1, 0.15) is 251 Å². The van der Waals surface area contributed by atoms with Crippen LogP contribution < -0.4 is 5.32 Å². The van der Waals surface area contributed by atoms with Gasteiger partial charge < -0.3 is 5.32 Å². The van der Waals surface area contributed by atoms with Crippen molar-refractivity contribution < 1.29 is 9.59 Å². The molecule has 3 heteroatoms. The molecule has 0 saturated heterocycles. The minimum atomic E-state index is 0.224. The molecule has 0 radical (unpaired) electrons. The molecule has 2 atom stereocenters. The SMILES string of the molecule is CCCCCCCCCCCCCCCCCC(=O)C[C@@H]1CCCC[C@@H]1NC(=O)CCCCCCCCCCCCCCCCC. The van der Waals surface area contributed by atoms with Gasteiger partial charge in [-0.25, -0.2) is 0 Å². The van der Waals surface area contributed by atoms with Gasteiger partial charge in [0.2, 0.25) is 5.91 Å². The molecule has 272 valence electrons. The summed E-state index contributed by atoms with van der Waals surface area (Å²) in [4.78, 5) is 25.5. The minimum Gasteiger partial charge on any atom is -0.353 e. The Labute approximate surface area is 289 Å². The van der Waals surface area contributed by atoms with Crippen LogP contribution in [0.3, 0.4) is 0 Å². The Bertz CT molecular complexity index is 605. The molecule has 0 bridgehead atoms. The molecule has 0 aromatic heterocycles. The first kappa shape index (κ1) is 43.2. The normalized spacial score (nSPS) is 16.6. The van der Waals surface area contributed by atoms with Crippen LogP contribution in [0.2, 0.25) is 0 Å². The lowest BCUT2D eigenvalue weighted by molar-refractivity contribution is -0.124. The van der Waals surface area contributed by atoms with E-state index in [9.17, 15) is 9.59 Å². The maximum absolute atomic E-state index is 12.8. The van der Waals surface area contributed by atoms with Crippen LogP contribution in [-0.4, -0.2) is 17.7 Å². The molecule has 46 heavy (non-hydrogen) atoms. The van der Waals surface area contributed by atoms with Crippen molar-refractivity contribution in [3.63, 3.8) is 0 Å². The zero-order valence-corrected chi connectivity index (χ0v) is 31.6. The first-order valence-corrected chi connectivity index (χ1v) is 21.5. The number of carbonyl (C=O) groups is 2. The fourth-order valence-corrected chi connectivity index (χ4v) is 7.67. The minimum absolute atomic E-state index is 0.224. The molecule has 1 saturated carbocycles. The molecule has 1 aliphatic rings. The van der Waals surface area contributed by atoms with Gasteiger partial charge in [0.25, 0.3) is 0 Å². The summed E-state index contributed by atoms with van der Waals surface area (Å²) in [5.74, 6) is 1.02. The Kier molecular flexibility index (Phi) is 31.9. The molecule has 0 spiro atoms. The average molecular weight is 646 g/mol. The van der Waals surface area contributed by atoms with Crippen molar-refractivity contribution in [2.24, 2.45) is 5.92 Å². The van der Waals surface area contributed by atoms with Gasteiger partial charge in [0.1, 0.15) is 5.78 Å². The van der Waals surface area contributed by atoms with Crippen molar-refractivity contribution in [2.75, 3.05) is 0 Å². The molecule has 3 nitrogen and oxygen atoms in total. The van der Waals surface area contributed by atoms with Crippen LogP contribution >= 0.6 is 0 Å². The zero-order valence-electron chi connectivity index (χ0n) is 31.6. The van der Waals surface area contributed by atoms with E-state index in [0.29, 0.717) is 24.5 Å². The van der Waals surface area contributed by atoms with Crippen molar-refractivity contribution >= 4 is 11.7 Å². The number of rotatable bonds is 35. The van der Waals surface area contributed by atoms with Crippen molar-refractivity contribution in [3.05, 3.63) is 0 Å². The van der Waals surface area contributed by atoms with Crippen LogP contribution in [0.25, 0.3) is 0 Å². The monoisotopic (exact) mass is 646 g/mol. The second-order valence-corrected chi connectivity index (χ2v) is 15.4. The first-order valence-electron chi connectivity index (χ1n) is 21.5. The summed E-state index contributed by atoms with van der Waals surface area (Å²) >= 11 is 0. The maximum atomic E-state index is 12.8. The fraction of sp³-hybridized carbons (Fsp3) is 0.953. The molecule has 0 aliphatic heterocycles. The Balaban J connectivity index is 1.96. The lowest BCUT2D eigenvalue weighted by Gasteiger charge is -2.32. The number of amides is 1. The Morgan fingerprint density at radius 3 is 1.15 bits per heavy atom. The number of unbranched alkanes of at least 4 members (excludes halogenated alkanes) is 28. The molecule has 1 N–H and O–H groups in total. The predicted octanol–water partition coefficient (Wildman–Crippen LogP) is 14.1. The third kappa shape index (κ3) is 28.2. The third-order valence-electron chi connectivity index (χ3n) is 10.8. The third-order valence-corrected chi connectivity index (χ3v) is 10.8. The standard InChI is InChI=1S/C43H83NO2/c1-3-5-7-9-11-13-15-17-19-21-23-25-27-29-31-36-41(45)39-40-35-33-34-37-42(40)44-43(46)38-32-30-28-26-24-22-20-18-16-14-12-10-8-6-4-2/h40,42H,3-39H2,1-2H3,(H,44,46)/t40-,42-/m0/s1. The molecule has 0 unspecified atom stereocenters. The van der Waals surface area contributed by atoms with Crippen LogP contribution in [0.4, 0.5) is 0 Å². The average Bonchev–Trinajstić information content (AvgIpc) is 3.05. The van der Waals surface area contributed by atoms with E-state index >= 15 is 0 Å². The van der Waals surface area contributed by atoms with Crippen molar-refractivity contribution in [1.29, 1.82) is 0 Å². The van der Waals surface area contributed by atoms with E-state index in [0.717, 1.165) is 32.1 Å². The van der Waals surface area contributed by atoms with E-state index in [1.807, 2.05) is 0 Å². The van der Waals surface area contributed by atoms with E-state index < -0.39 is 0 Å². The summed E-state index contributed by atoms with van der Waals surface area (Å²) in [5.41, 5.74) is 0. The van der Waals surface area contributed by atoms with Gasteiger partial charge >= 0.3 is 0 Å². The number of nitrogens with one attached hydrogen (secondary N) is 1. The topological polar surface area (TPSA) is 46.2 Å². The van der Waals surface area contributed by atoms with Gasteiger partial charge in [0, 0.05) is 25.3 Å². The lowest BCUT2D eigenvalue weighted by Crippen LogP contribution is -2.42. The van der Waals surface area contributed by atoms with Crippen molar-refractivity contribution in [3.8, 4) is 0 Å². The van der Waals surface area contributed by atoms with Gasteiger partial charge in [-0.05, 0) is 31.6 Å². The fourth-order valence-electron chi connectivity index (χ4n) is 7.67. The predicted molar refractivity (Wildman–Crippen MR) is 203 cm³/mol. The molecule has 1 aliphatic carbocycles. The molecular formula is C43H83NO2. The molecule has 0 heterocycles. The zero-order chi connectivity index (χ0) is 33.2. The number of hydrogen-bond acceptors (Lipinski definition) is 2. The largest absolute Gasteiger partial charge is 0.353 e. The van der Waals surface area contributed by atoms with Crippen LogP contribution in [0.15, 0.2) is 0 Å². The quantitative estimate of drug-likeness (QED) is 0.0697. The van der Waals surface area contributed by atoms with E-state index in [-0.39, 0.29) is 11.9 Å². The van der Waals surface area contributed by atoms with E-state index in [1.54, 1.807) is 0 Å². The molecule has 0 aromatic rings. The van der Waals surface area contributed by atoms with Crippen LogP contribution in [-0.2, 0) is 9.59 Å². The van der Waals surface area contributed by atoms with Gasteiger partial charge in [-0.3, -0.25) is 9.59 Å². The van der Waals surface area contributed by atoms with Gasteiger partial charge in [-0.15, -0.1) is 0 Å². The van der Waals surface area contributed by atoms with E-state index in [2.05, 4.69) is 19.2 Å². The van der Waals surface area contributed by atoms with Gasteiger partial charge in [-0.1, -0.05) is 206 Å². The second kappa shape index (κ2) is 34.0. The molecular weight excluding hydrogens is 562 g/mol. The molecule has 1 fully saturated rings. The van der Waals surface area contributed by atoms with Crippen LogP contribution in [0.5, 0.6) is 0 Å². The molecule has 1 amide bonds. The number of hydrogen-bond donors (Lipinski definition) is 1. The molecule has 1 rings (SSSR count). The van der Waals surface area contributed by atoms with Crippen molar-refractivity contribution in [1.82, 2.24) is 5.32 Å². The Hall–Kier alpha value is -0.860. The Morgan fingerprint density at radius 2 is 0.761 bits per heavy atom. The second-order valence-electron chi connectivity index (χ2n) is 15.4. The maximum Gasteiger partial charge on any atom is 0.220 e. The highest BCUT2D eigenvalue weighted by Crippen LogP contribution is 2.28. The highest BCUT2D eigenvalue weighted by atomic mass is 16.1.